The van der Waals surface area contributed by atoms with Crippen molar-refractivity contribution in [2.45, 2.75) is 38.6 Å². The van der Waals surface area contributed by atoms with Crippen LogP contribution in [0.4, 0.5) is 0 Å². The zero-order valence-corrected chi connectivity index (χ0v) is 13.6. The Labute approximate surface area is 130 Å². The maximum absolute atomic E-state index is 5.57. The number of hydrogen-bond acceptors (Lipinski definition) is 3. The number of rotatable bonds is 3. The van der Waals surface area contributed by atoms with Crippen LogP contribution in [0.25, 0.3) is 11.0 Å². The molecule has 0 bridgehead atoms. The molecule has 1 heterocycles. The lowest BCUT2D eigenvalue weighted by Gasteiger charge is -2.30. The van der Waals surface area contributed by atoms with E-state index in [0.717, 1.165) is 27.3 Å². The lowest BCUT2D eigenvalue weighted by molar-refractivity contribution is 0.260. The second kappa shape index (κ2) is 5.72. The number of benzene rings is 1. The fourth-order valence-corrected chi connectivity index (χ4v) is 3.81. The molecule has 0 radical (unpaired) electrons. The molecule has 2 aromatic rings. The monoisotopic (exact) mass is 306 g/mol. The van der Waals surface area contributed by atoms with E-state index in [0.29, 0.717) is 12.0 Å². The van der Waals surface area contributed by atoms with Crippen molar-refractivity contribution in [3.63, 3.8) is 0 Å². The number of imidazole rings is 1. The van der Waals surface area contributed by atoms with Crippen molar-refractivity contribution in [1.82, 2.24) is 9.55 Å². The first kappa shape index (κ1) is 14.4. The summed E-state index contributed by atoms with van der Waals surface area (Å²) in [4.78, 5) is 3.31. The highest BCUT2D eigenvalue weighted by atomic mass is 32.1. The van der Waals surface area contributed by atoms with Gasteiger partial charge in [-0.3, -0.25) is 0 Å². The fraction of sp³-hybridized carbons (Fsp3) is 0.562. The Morgan fingerprint density at radius 1 is 1.14 bits per heavy atom. The summed E-state index contributed by atoms with van der Waals surface area (Å²) >= 11 is 5.57. The normalized spacial score (nSPS) is 22.4. The third-order valence-corrected chi connectivity index (χ3v) is 4.92. The second-order valence-electron chi connectivity index (χ2n) is 5.85. The highest BCUT2D eigenvalue weighted by Gasteiger charge is 2.25. The Morgan fingerprint density at radius 3 is 2.48 bits per heavy atom. The topological polar surface area (TPSA) is 39.2 Å². The van der Waals surface area contributed by atoms with Gasteiger partial charge in [-0.25, -0.2) is 0 Å². The number of aromatic amines is 1. The Morgan fingerprint density at radius 2 is 1.81 bits per heavy atom. The van der Waals surface area contributed by atoms with Crippen molar-refractivity contribution in [1.29, 1.82) is 0 Å². The highest BCUT2D eigenvalue weighted by Crippen LogP contribution is 2.38. The molecule has 1 fully saturated rings. The van der Waals surface area contributed by atoms with Crippen molar-refractivity contribution in [2.24, 2.45) is 5.92 Å². The molecule has 114 valence electrons. The minimum Gasteiger partial charge on any atom is -0.493 e. The highest BCUT2D eigenvalue weighted by molar-refractivity contribution is 7.71. The summed E-state index contributed by atoms with van der Waals surface area (Å²) in [6.07, 6.45) is 5.06. The molecule has 0 aliphatic heterocycles. The smallest absolute Gasteiger partial charge is 0.178 e. The van der Waals surface area contributed by atoms with E-state index in [1.807, 2.05) is 12.1 Å². The molecule has 4 nitrogen and oxygen atoms in total. The molecule has 21 heavy (non-hydrogen) atoms. The Kier molecular flexibility index (Phi) is 3.93. The first-order valence-electron chi connectivity index (χ1n) is 7.52. The molecule has 0 saturated heterocycles. The summed E-state index contributed by atoms with van der Waals surface area (Å²) in [5, 5.41) is 0. The van der Waals surface area contributed by atoms with E-state index >= 15 is 0 Å². The van der Waals surface area contributed by atoms with Gasteiger partial charge in [-0.1, -0.05) is 19.8 Å². The van der Waals surface area contributed by atoms with E-state index in [4.69, 9.17) is 21.7 Å². The van der Waals surface area contributed by atoms with Crippen LogP contribution in [0.3, 0.4) is 0 Å². The molecule has 1 N–H and O–H groups in total. The quantitative estimate of drug-likeness (QED) is 0.851. The van der Waals surface area contributed by atoms with Crippen LogP contribution in [0.2, 0.25) is 0 Å². The van der Waals surface area contributed by atoms with E-state index in [1.54, 1.807) is 14.2 Å². The molecule has 0 amide bonds. The minimum atomic E-state index is 0.470. The average molecular weight is 306 g/mol. The molecule has 1 aromatic heterocycles. The van der Waals surface area contributed by atoms with Gasteiger partial charge in [-0.2, -0.15) is 0 Å². The van der Waals surface area contributed by atoms with E-state index in [1.165, 1.54) is 25.7 Å². The molecular weight excluding hydrogens is 284 g/mol. The summed E-state index contributed by atoms with van der Waals surface area (Å²) in [6, 6.07) is 4.47. The average Bonchev–Trinajstić information content (AvgIpc) is 2.81. The predicted molar refractivity (Wildman–Crippen MR) is 86.9 cm³/mol. The van der Waals surface area contributed by atoms with Gasteiger partial charge in [0.2, 0.25) is 0 Å². The molecular formula is C16H22N2O2S. The Bertz CT molecular complexity index is 704. The lowest BCUT2D eigenvalue weighted by Crippen LogP contribution is -2.21. The zero-order chi connectivity index (χ0) is 15.0. The van der Waals surface area contributed by atoms with Crippen LogP contribution in [-0.4, -0.2) is 23.8 Å². The third-order valence-electron chi connectivity index (χ3n) is 4.62. The first-order chi connectivity index (χ1) is 10.2. The van der Waals surface area contributed by atoms with Crippen LogP contribution in [0.5, 0.6) is 11.5 Å². The van der Waals surface area contributed by atoms with Crippen LogP contribution in [0.15, 0.2) is 12.1 Å². The Balaban J connectivity index is 2.18. The van der Waals surface area contributed by atoms with Crippen LogP contribution >= 0.6 is 12.2 Å². The maximum Gasteiger partial charge on any atom is 0.178 e. The van der Waals surface area contributed by atoms with Crippen molar-refractivity contribution in [3.8, 4) is 11.5 Å². The number of nitrogens with one attached hydrogen (secondary N) is 1. The molecule has 1 aromatic carbocycles. The van der Waals surface area contributed by atoms with Crippen molar-refractivity contribution in [3.05, 3.63) is 16.9 Å². The van der Waals surface area contributed by atoms with E-state index in [-0.39, 0.29) is 0 Å². The van der Waals surface area contributed by atoms with Crippen LogP contribution in [0, 0.1) is 10.7 Å². The van der Waals surface area contributed by atoms with Gasteiger partial charge in [0.25, 0.3) is 0 Å². The van der Waals surface area contributed by atoms with Crippen LogP contribution in [0.1, 0.15) is 38.6 Å². The predicted octanol–water partition coefficient (Wildman–Crippen LogP) is 4.47. The largest absolute Gasteiger partial charge is 0.493 e. The zero-order valence-electron chi connectivity index (χ0n) is 12.8. The molecule has 1 aliphatic rings. The van der Waals surface area contributed by atoms with E-state index in [9.17, 15) is 0 Å². The number of H-pyrrole nitrogens is 1. The van der Waals surface area contributed by atoms with Gasteiger partial charge in [0.1, 0.15) is 0 Å². The minimum absolute atomic E-state index is 0.470. The molecule has 5 heteroatoms. The second-order valence-corrected chi connectivity index (χ2v) is 6.24. The molecule has 0 spiro atoms. The van der Waals surface area contributed by atoms with Gasteiger partial charge < -0.3 is 19.0 Å². The van der Waals surface area contributed by atoms with Crippen molar-refractivity contribution >= 4 is 23.3 Å². The van der Waals surface area contributed by atoms with Crippen LogP contribution < -0.4 is 9.47 Å². The number of methoxy groups -OCH3 is 2. The van der Waals surface area contributed by atoms with Gasteiger partial charge >= 0.3 is 0 Å². The summed E-state index contributed by atoms with van der Waals surface area (Å²) in [7, 11) is 3.32. The standard InChI is InChI=1S/C16H22N2O2S/c1-10-6-4-5-7-12(10)18-13-9-15(20-3)14(19-2)8-11(13)17-16(18)21/h8-10,12H,4-7H2,1-3H3,(H,17,21). The van der Waals surface area contributed by atoms with Crippen LogP contribution in [-0.2, 0) is 0 Å². The fourth-order valence-electron chi connectivity index (χ4n) is 3.46. The number of nitrogens with zero attached hydrogens (tertiary/aromatic N) is 1. The van der Waals surface area contributed by atoms with Gasteiger partial charge in [0, 0.05) is 18.2 Å². The number of fused-ring (bicyclic) bond motifs is 1. The van der Waals surface area contributed by atoms with Gasteiger partial charge in [0.15, 0.2) is 16.3 Å². The SMILES string of the molecule is COc1cc2[nH]c(=S)n(C3CCCCC3C)c2cc1OC. The number of ether oxygens (including phenoxy) is 2. The first-order valence-corrected chi connectivity index (χ1v) is 7.92. The summed E-state index contributed by atoms with van der Waals surface area (Å²) in [5.41, 5.74) is 2.12. The Hall–Kier alpha value is -1.49. The van der Waals surface area contributed by atoms with Gasteiger partial charge in [0.05, 0.1) is 25.3 Å². The molecule has 1 aliphatic carbocycles. The van der Waals surface area contributed by atoms with Crippen molar-refractivity contribution in [2.75, 3.05) is 14.2 Å². The summed E-state index contributed by atoms with van der Waals surface area (Å²) < 4.78 is 13.9. The third kappa shape index (κ3) is 2.44. The molecule has 2 unspecified atom stereocenters. The van der Waals surface area contributed by atoms with E-state index < -0.39 is 0 Å². The number of hydrogen-bond donors (Lipinski definition) is 1. The summed E-state index contributed by atoms with van der Waals surface area (Å²) in [5.74, 6) is 2.12. The van der Waals surface area contributed by atoms with E-state index in [2.05, 4.69) is 16.5 Å². The molecule has 2 atom stereocenters. The lowest BCUT2D eigenvalue weighted by atomic mass is 9.85. The molecule has 1 saturated carbocycles. The summed E-state index contributed by atoms with van der Waals surface area (Å²) in [6.45, 7) is 2.32. The molecule has 3 rings (SSSR count). The van der Waals surface area contributed by atoms with Gasteiger partial charge in [-0.15, -0.1) is 0 Å². The van der Waals surface area contributed by atoms with Gasteiger partial charge in [-0.05, 0) is 31.0 Å². The van der Waals surface area contributed by atoms with Crippen molar-refractivity contribution < 1.29 is 9.47 Å². The maximum atomic E-state index is 5.57. The number of aromatic nitrogens is 2.